The zero-order valence-electron chi connectivity index (χ0n) is 4.73. The van der Waals surface area contributed by atoms with E-state index in [1.807, 2.05) is 0 Å². The van der Waals surface area contributed by atoms with E-state index >= 15 is 0 Å². The standard InChI is InChI=1S/B.Ca.Cu.Fe.Mg.Mn.Na.Zn. The molecular formula is BCaCuFeMgMnNaZn. The molecule has 8 heavy (non-hydrogen) atoms. The van der Waals surface area contributed by atoms with Crippen molar-refractivity contribution >= 4 is 98.8 Å². The molecule has 0 aromatic rings. The van der Waals surface area contributed by atoms with Crippen molar-refractivity contribution in [1.29, 1.82) is 0 Å². The van der Waals surface area contributed by atoms with Gasteiger partial charge in [0.1, 0.15) is 0 Å². The predicted octanol–water partition coefficient (Wildman–Crippen LogP) is -1.53. The van der Waals surface area contributed by atoms with E-state index < -0.39 is 0 Å². The van der Waals surface area contributed by atoms with E-state index in [-0.39, 0.29) is 169 Å². The van der Waals surface area contributed by atoms with Crippen molar-refractivity contribution in [1.82, 2.24) is 0 Å². The second kappa shape index (κ2) is 56.1. The van der Waals surface area contributed by atoms with E-state index in [1.54, 1.807) is 0 Å². The minimum atomic E-state index is 0. The molecule has 0 amide bonds. The summed E-state index contributed by atoms with van der Waals surface area (Å²) in [5.74, 6) is 0. The van der Waals surface area contributed by atoms with Crippen LogP contribution in [0.4, 0.5) is 0 Å². The topological polar surface area (TPSA) is 0 Å². The molecule has 10 radical (unpaired) electrons. The molecule has 0 aromatic carbocycles. The molecule has 0 atom stereocenters. The molecule has 0 bridgehead atoms. The number of hydrogen-bond acceptors (Lipinski definition) is 0. The first-order valence-electron chi connectivity index (χ1n) is 0. The van der Waals surface area contributed by atoms with Gasteiger partial charge in [0.15, 0.2) is 0 Å². The predicted molar refractivity (Wildman–Crippen MR) is 23.0 cm³/mol. The average Bonchev–Trinajstić information content (AvgIpc) is 0. The van der Waals surface area contributed by atoms with Crippen molar-refractivity contribution in [3.05, 3.63) is 0 Å². The third-order valence-corrected chi connectivity index (χ3v) is 0. The fourth-order valence-corrected chi connectivity index (χ4v) is 0. The Morgan fingerprint density at radius 3 is 1.00 bits per heavy atom. The van der Waals surface area contributed by atoms with Gasteiger partial charge in [-0.1, -0.05) is 0 Å². The molecule has 0 fully saturated rings. The molecule has 0 aliphatic heterocycles. The van der Waals surface area contributed by atoms with Crippen molar-refractivity contribution in [2.24, 2.45) is 0 Å². The minimum Gasteiger partial charge on any atom is 0 e. The maximum Gasteiger partial charge on any atom is 0 e. The summed E-state index contributed by atoms with van der Waals surface area (Å²) in [6, 6.07) is 0. The van der Waals surface area contributed by atoms with Gasteiger partial charge in [-0.3, -0.25) is 0 Å². The van der Waals surface area contributed by atoms with Crippen LogP contribution in [-0.2, 0) is 70.7 Å². The Kier molecular flexibility index (Phi) is 504. The third kappa shape index (κ3) is 42.8. The second-order valence-electron chi connectivity index (χ2n) is 0. The van der Waals surface area contributed by atoms with Crippen molar-refractivity contribution in [2.45, 2.75) is 0 Å². The summed E-state index contributed by atoms with van der Waals surface area (Å²) in [6.07, 6.45) is 0. The zero-order valence-corrected chi connectivity index (χ0v) is 16.5. The third-order valence-electron chi connectivity index (χ3n) is 0. The summed E-state index contributed by atoms with van der Waals surface area (Å²) in [7, 11) is 0. The Balaban J connectivity index is 0. The van der Waals surface area contributed by atoms with E-state index in [4.69, 9.17) is 0 Å². The van der Waals surface area contributed by atoms with Gasteiger partial charge in [0, 0.05) is 169 Å². The van der Waals surface area contributed by atoms with Gasteiger partial charge in [-0.15, -0.1) is 0 Å². The second-order valence-corrected chi connectivity index (χ2v) is 0. The molecule has 0 N–H and O–H groups in total. The van der Waals surface area contributed by atoms with Crippen LogP contribution in [0.1, 0.15) is 0 Å². The molecule has 0 rings (SSSR count). The first-order chi connectivity index (χ1) is 0. The Labute approximate surface area is 165 Å². The summed E-state index contributed by atoms with van der Waals surface area (Å²) in [4.78, 5) is 0. The van der Waals surface area contributed by atoms with Gasteiger partial charge in [-0.2, -0.15) is 0 Å². The van der Waals surface area contributed by atoms with Crippen LogP contribution in [0.25, 0.3) is 0 Å². The largest absolute Gasteiger partial charge is 0 e. The molecule has 0 saturated heterocycles. The van der Waals surface area contributed by atoms with Gasteiger partial charge < -0.3 is 0 Å². The average molecular weight is 338 g/mol. The van der Waals surface area contributed by atoms with Gasteiger partial charge in [0.25, 0.3) is 0 Å². The molecular weight excluding hydrogens is 338 g/mol. The molecule has 0 spiro atoms. The summed E-state index contributed by atoms with van der Waals surface area (Å²) < 4.78 is 0. The number of rotatable bonds is 0. The van der Waals surface area contributed by atoms with E-state index in [2.05, 4.69) is 0 Å². The maximum absolute atomic E-state index is 0. The van der Waals surface area contributed by atoms with Crippen LogP contribution >= 0.6 is 0 Å². The molecule has 8 heteroatoms. The van der Waals surface area contributed by atoms with Crippen LogP contribution in [0.3, 0.4) is 0 Å². The fraction of sp³-hybridized carbons (Fsp3) is 0. The quantitative estimate of drug-likeness (QED) is 0.470. The van der Waals surface area contributed by atoms with Gasteiger partial charge in [-0.05, 0) is 0 Å². The summed E-state index contributed by atoms with van der Waals surface area (Å²) in [5, 5.41) is 0. The molecule has 0 aromatic heterocycles. The first-order valence-corrected chi connectivity index (χ1v) is 0. The maximum atomic E-state index is 0. The Hall–Kier alpha value is 5.27. The zero-order chi connectivity index (χ0) is 0. The molecule has 0 saturated carbocycles. The van der Waals surface area contributed by atoms with Gasteiger partial charge in [-0.25, -0.2) is 0 Å². The summed E-state index contributed by atoms with van der Waals surface area (Å²) in [5.41, 5.74) is 0. The number of hydrogen-bond donors (Lipinski definition) is 0. The van der Waals surface area contributed by atoms with Crippen LogP contribution in [0.15, 0.2) is 0 Å². The van der Waals surface area contributed by atoms with Crippen LogP contribution in [-0.4, -0.2) is 98.8 Å². The van der Waals surface area contributed by atoms with Gasteiger partial charge >= 0.3 is 0 Å². The Morgan fingerprint density at radius 2 is 1.00 bits per heavy atom. The molecule has 0 heterocycles. The van der Waals surface area contributed by atoms with E-state index in [1.165, 1.54) is 0 Å². The first kappa shape index (κ1) is 71.9. The Bertz CT molecular complexity index is 24.0. The molecule has 0 unspecified atom stereocenters. The van der Waals surface area contributed by atoms with E-state index in [0.717, 1.165) is 0 Å². The van der Waals surface area contributed by atoms with E-state index in [0.29, 0.717) is 0 Å². The molecule has 0 aliphatic rings. The normalized spacial score (nSPS) is 0. The van der Waals surface area contributed by atoms with Gasteiger partial charge in [0.05, 0.1) is 0 Å². The van der Waals surface area contributed by atoms with Crippen molar-refractivity contribution in [2.75, 3.05) is 0 Å². The van der Waals surface area contributed by atoms with Crippen molar-refractivity contribution < 1.29 is 70.7 Å². The van der Waals surface area contributed by atoms with E-state index in [9.17, 15) is 0 Å². The smallest absolute Gasteiger partial charge is 0 e. The Morgan fingerprint density at radius 1 is 1.00 bits per heavy atom. The minimum absolute atomic E-state index is 0. The van der Waals surface area contributed by atoms with Crippen molar-refractivity contribution in [3.8, 4) is 0 Å². The monoisotopic (exact) mass is 336 g/mol. The van der Waals surface area contributed by atoms with Gasteiger partial charge in [0.2, 0.25) is 0 Å². The van der Waals surface area contributed by atoms with Crippen LogP contribution in [0.2, 0.25) is 0 Å². The van der Waals surface area contributed by atoms with Crippen LogP contribution in [0, 0.1) is 0 Å². The van der Waals surface area contributed by atoms with Crippen molar-refractivity contribution in [3.63, 3.8) is 0 Å². The molecule has 0 aliphatic carbocycles. The van der Waals surface area contributed by atoms with Crippen LogP contribution < -0.4 is 0 Å². The SMILES string of the molecule is [B].[Ca].[Cu].[Fe].[Mg].[Mn].[Na].[Zn]. The molecule has 36 valence electrons. The summed E-state index contributed by atoms with van der Waals surface area (Å²) in [6.45, 7) is 0. The molecule has 0 nitrogen and oxygen atoms in total. The summed E-state index contributed by atoms with van der Waals surface area (Å²) >= 11 is 0. The fourth-order valence-electron chi connectivity index (χ4n) is 0. The van der Waals surface area contributed by atoms with Crippen LogP contribution in [0.5, 0.6) is 0 Å².